The van der Waals surface area contributed by atoms with Crippen molar-refractivity contribution in [3.05, 3.63) is 53.8 Å². The average molecular weight is 238 g/mol. The van der Waals surface area contributed by atoms with Crippen LogP contribution in [0, 0.1) is 17.5 Å². The van der Waals surface area contributed by atoms with Crippen LogP contribution >= 0.6 is 0 Å². The Labute approximate surface area is 96.5 Å². The topological polar surface area (TPSA) is 9.23 Å². The largest absolute Gasteiger partial charge is 0.496 e. The van der Waals surface area contributed by atoms with E-state index in [4.69, 9.17) is 4.74 Å². The molecule has 0 spiro atoms. The Hall–Kier alpha value is -1.97. The van der Waals surface area contributed by atoms with Gasteiger partial charge in [0.05, 0.1) is 7.11 Å². The van der Waals surface area contributed by atoms with Crippen molar-refractivity contribution < 1.29 is 17.9 Å². The molecule has 0 aromatic heterocycles. The summed E-state index contributed by atoms with van der Waals surface area (Å²) in [5, 5.41) is 0. The van der Waals surface area contributed by atoms with Crippen molar-refractivity contribution in [2.45, 2.75) is 0 Å². The Kier molecular flexibility index (Phi) is 3.04. The summed E-state index contributed by atoms with van der Waals surface area (Å²) < 4.78 is 44.6. The van der Waals surface area contributed by atoms with Gasteiger partial charge in [0.25, 0.3) is 0 Å². The van der Waals surface area contributed by atoms with E-state index < -0.39 is 17.5 Å². The van der Waals surface area contributed by atoms with E-state index in [-0.39, 0.29) is 5.56 Å². The number of ether oxygens (including phenoxy) is 1. The van der Waals surface area contributed by atoms with Crippen molar-refractivity contribution in [1.29, 1.82) is 0 Å². The SMILES string of the molecule is COc1ccccc1-c1ccc(F)c(F)c1F. The van der Waals surface area contributed by atoms with Gasteiger partial charge in [0.2, 0.25) is 0 Å². The van der Waals surface area contributed by atoms with Crippen molar-refractivity contribution in [2.24, 2.45) is 0 Å². The highest BCUT2D eigenvalue weighted by atomic mass is 19.2. The molecule has 4 heteroatoms. The Morgan fingerprint density at radius 2 is 1.53 bits per heavy atom. The van der Waals surface area contributed by atoms with E-state index in [9.17, 15) is 13.2 Å². The molecule has 88 valence electrons. The minimum atomic E-state index is -1.48. The molecule has 0 N–H and O–H groups in total. The number of rotatable bonds is 2. The first-order valence-corrected chi connectivity index (χ1v) is 4.92. The molecule has 0 unspecified atom stereocenters. The summed E-state index contributed by atoms with van der Waals surface area (Å²) in [5.74, 6) is -3.50. The zero-order valence-corrected chi connectivity index (χ0v) is 9.01. The summed E-state index contributed by atoms with van der Waals surface area (Å²) >= 11 is 0. The molecule has 0 aliphatic rings. The standard InChI is InChI=1S/C13H9F3O/c1-17-11-5-3-2-4-8(11)9-6-7-10(14)13(16)12(9)15/h2-7H,1H3. The maximum atomic E-state index is 13.6. The van der Waals surface area contributed by atoms with E-state index >= 15 is 0 Å². The van der Waals surface area contributed by atoms with Gasteiger partial charge in [-0.05, 0) is 18.2 Å². The number of halogens is 3. The highest BCUT2D eigenvalue weighted by molar-refractivity contribution is 5.70. The zero-order valence-electron chi connectivity index (χ0n) is 9.01. The molecule has 2 aromatic rings. The maximum absolute atomic E-state index is 13.6. The summed E-state index contributed by atoms with van der Waals surface area (Å²) in [7, 11) is 1.43. The molecule has 0 amide bonds. The van der Waals surface area contributed by atoms with Crippen LogP contribution in [0.25, 0.3) is 11.1 Å². The number of hydrogen-bond donors (Lipinski definition) is 0. The van der Waals surface area contributed by atoms with Crippen molar-refractivity contribution >= 4 is 0 Å². The van der Waals surface area contributed by atoms with Gasteiger partial charge >= 0.3 is 0 Å². The third-order valence-corrected chi connectivity index (χ3v) is 2.43. The molecule has 17 heavy (non-hydrogen) atoms. The summed E-state index contributed by atoms with van der Waals surface area (Å²) in [4.78, 5) is 0. The van der Waals surface area contributed by atoms with Gasteiger partial charge in [0, 0.05) is 11.1 Å². The van der Waals surface area contributed by atoms with E-state index in [1.165, 1.54) is 13.2 Å². The molecule has 0 heterocycles. The van der Waals surface area contributed by atoms with Gasteiger partial charge in [0.1, 0.15) is 5.75 Å². The Balaban J connectivity index is 2.65. The van der Waals surface area contributed by atoms with E-state index in [0.717, 1.165) is 6.07 Å². The molecule has 2 rings (SSSR count). The third kappa shape index (κ3) is 1.98. The van der Waals surface area contributed by atoms with E-state index in [1.54, 1.807) is 24.3 Å². The second-order valence-corrected chi connectivity index (χ2v) is 3.42. The number of hydrogen-bond acceptors (Lipinski definition) is 1. The molecular weight excluding hydrogens is 229 g/mol. The molecular formula is C13H9F3O. The van der Waals surface area contributed by atoms with Gasteiger partial charge in [-0.1, -0.05) is 18.2 Å². The van der Waals surface area contributed by atoms with Crippen molar-refractivity contribution in [3.63, 3.8) is 0 Å². The second kappa shape index (κ2) is 4.49. The molecule has 0 aliphatic carbocycles. The van der Waals surface area contributed by atoms with Gasteiger partial charge in [-0.15, -0.1) is 0 Å². The van der Waals surface area contributed by atoms with Crippen LogP contribution in [0.2, 0.25) is 0 Å². The molecule has 1 nitrogen and oxygen atoms in total. The van der Waals surface area contributed by atoms with Gasteiger partial charge in [-0.2, -0.15) is 0 Å². The van der Waals surface area contributed by atoms with Crippen LogP contribution in [-0.2, 0) is 0 Å². The molecule has 0 atom stereocenters. The minimum Gasteiger partial charge on any atom is -0.496 e. The lowest BCUT2D eigenvalue weighted by Crippen LogP contribution is -1.95. The summed E-state index contributed by atoms with van der Waals surface area (Å²) in [5.41, 5.74) is 0.354. The normalized spacial score (nSPS) is 10.4. The highest BCUT2D eigenvalue weighted by Crippen LogP contribution is 2.32. The lowest BCUT2D eigenvalue weighted by atomic mass is 10.0. The number of para-hydroxylation sites is 1. The van der Waals surface area contributed by atoms with Gasteiger partial charge < -0.3 is 4.74 Å². The highest BCUT2D eigenvalue weighted by Gasteiger charge is 2.16. The van der Waals surface area contributed by atoms with E-state index in [2.05, 4.69) is 0 Å². The summed E-state index contributed by atoms with van der Waals surface area (Å²) in [6, 6.07) is 8.65. The minimum absolute atomic E-state index is 0.0265. The third-order valence-electron chi connectivity index (χ3n) is 2.43. The smallest absolute Gasteiger partial charge is 0.195 e. The molecule has 0 aliphatic heterocycles. The maximum Gasteiger partial charge on any atom is 0.195 e. The zero-order chi connectivity index (χ0) is 12.4. The lowest BCUT2D eigenvalue weighted by molar-refractivity contribution is 0.415. The number of benzene rings is 2. The molecule has 0 saturated heterocycles. The predicted octanol–water partition coefficient (Wildman–Crippen LogP) is 3.78. The lowest BCUT2D eigenvalue weighted by Gasteiger charge is -2.09. The van der Waals surface area contributed by atoms with Crippen LogP contribution in [0.15, 0.2) is 36.4 Å². The Morgan fingerprint density at radius 1 is 0.824 bits per heavy atom. The first-order chi connectivity index (χ1) is 8.15. The van der Waals surface area contributed by atoms with E-state index in [1.807, 2.05) is 0 Å². The molecule has 0 bridgehead atoms. The summed E-state index contributed by atoms with van der Waals surface area (Å²) in [6.07, 6.45) is 0. The number of methoxy groups -OCH3 is 1. The van der Waals surface area contributed by atoms with Crippen LogP contribution in [-0.4, -0.2) is 7.11 Å². The second-order valence-electron chi connectivity index (χ2n) is 3.42. The molecule has 2 aromatic carbocycles. The first kappa shape index (κ1) is 11.5. The summed E-state index contributed by atoms with van der Waals surface area (Å²) in [6.45, 7) is 0. The average Bonchev–Trinajstić information content (AvgIpc) is 2.36. The van der Waals surface area contributed by atoms with Crippen LogP contribution in [0.4, 0.5) is 13.2 Å². The van der Waals surface area contributed by atoms with Gasteiger partial charge in [-0.25, -0.2) is 13.2 Å². The van der Waals surface area contributed by atoms with Crippen molar-refractivity contribution in [3.8, 4) is 16.9 Å². The monoisotopic (exact) mass is 238 g/mol. The molecule has 0 fully saturated rings. The molecule has 0 saturated carbocycles. The quantitative estimate of drug-likeness (QED) is 0.723. The fraction of sp³-hybridized carbons (Fsp3) is 0.0769. The molecule has 0 radical (unpaired) electrons. The van der Waals surface area contributed by atoms with Gasteiger partial charge in [-0.3, -0.25) is 0 Å². The van der Waals surface area contributed by atoms with Crippen molar-refractivity contribution in [2.75, 3.05) is 7.11 Å². The Bertz CT molecular complexity index is 552. The first-order valence-electron chi connectivity index (χ1n) is 4.92. The Morgan fingerprint density at radius 3 is 2.24 bits per heavy atom. The van der Waals surface area contributed by atoms with Crippen LogP contribution in [0.3, 0.4) is 0 Å². The van der Waals surface area contributed by atoms with E-state index in [0.29, 0.717) is 11.3 Å². The fourth-order valence-corrected chi connectivity index (χ4v) is 1.60. The predicted molar refractivity (Wildman–Crippen MR) is 58.3 cm³/mol. The van der Waals surface area contributed by atoms with Crippen LogP contribution in [0.5, 0.6) is 5.75 Å². The van der Waals surface area contributed by atoms with Crippen LogP contribution in [0.1, 0.15) is 0 Å². The fourth-order valence-electron chi connectivity index (χ4n) is 1.60. The van der Waals surface area contributed by atoms with Gasteiger partial charge in [0.15, 0.2) is 17.5 Å². The van der Waals surface area contributed by atoms with Crippen LogP contribution < -0.4 is 4.74 Å². The van der Waals surface area contributed by atoms with Crippen molar-refractivity contribution in [1.82, 2.24) is 0 Å².